The van der Waals surface area contributed by atoms with Crippen LogP contribution in [0.1, 0.15) is 25.3 Å². The Bertz CT molecular complexity index is 723. The second-order valence-corrected chi connectivity index (χ2v) is 7.24. The van der Waals surface area contributed by atoms with Crippen LogP contribution in [-0.4, -0.2) is 35.6 Å². The molecule has 2 rings (SSSR count). The molecule has 4 nitrogen and oxygen atoms in total. The average molecular weight is 389 g/mol. The number of likely N-dealkylation sites (N-methyl/N-ethyl adjacent to an activating group) is 1. The third kappa shape index (κ3) is 7.83. The van der Waals surface area contributed by atoms with E-state index in [1.54, 1.807) is 28.8 Å². The zero-order valence-corrected chi connectivity index (χ0v) is 16.3. The van der Waals surface area contributed by atoms with Gasteiger partial charge in [-0.3, -0.25) is 9.59 Å². The van der Waals surface area contributed by atoms with E-state index in [1.165, 1.54) is 17.0 Å². The first-order chi connectivity index (χ1) is 13.1. The molecule has 0 saturated carbocycles. The lowest BCUT2D eigenvalue weighted by molar-refractivity contribution is -0.135. The molecule has 0 unspecified atom stereocenters. The maximum Gasteiger partial charge on any atom is 0.239 e. The molecule has 144 valence electrons. The number of carbonyl (C=O) groups excluding carboxylic acids is 2. The normalized spacial score (nSPS) is 10.4. The van der Waals surface area contributed by atoms with Gasteiger partial charge in [-0.15, -0.1) is 11.8 Å². The van der Waals surface area contributed by atoms with Gasteiger partial charge in [0, 0.05) is 24.4 Å². The molecule has 0 saturated heterocycles. The van der Waals surface area contributed by atoms with E-state index in [0.29, 0.717) is 19.5 Å². The molecule has 0 heterocycles. The van der Waals surface area contributed by atoms with Crippen molar-refractivity contribution in [2.24, 2.45) is 0 Å². The van der Waals surface area contributed by atoms with Gasteiger partial charge in [-0.05, 0) is 48.9 Å². The lowest BCUT2D eigenvalue weighted by Gasteiger charge is -2.20. The van der Waals surface area contributed by atoms with Crippen LogP contribution < -0.4 is 5.32 Å². The maximum atomic E-state index is 12.9. The summed E-state index contributed by atoms with van der Waals surface area (Å²) in [5, 5.41) is 2.77. The molecule has 0 radical (unpaired) electrons. The lowest BCUT2D eigenvalue weighted by atomic mass is 10.2. The van der Waals surface area contributed by atoms with Gasteiger partial charge in [0.25, 0.3) is 0 Å². The number of halogens is 1. The van der Waals surface area contributed by atoms with E-state index in [2.05, 4.69) is 17.4 Å². The Kier molecular flexibility index (Phi) is 8.84. The molecule has 0 spiro atoms. The van der Waals surface area contributed by atoms with Gasteiger partial charge in [0.2, 0.25) is 11.8 Å². The predicted molar refractivity (Wildman–Crippen MR) is 107 cm³/mol. The molecule has 0 aliphatic rings. The second kappa shape index (κ2) is 11.4. The van der Waals surface area contributed by atoms with Crippen molar-refractivity contribution in [3.8, 4) is 0 Å². The Morgan fingerprint density at radius 2 is 1.78 bits per heavy atom. The van der Waals surface area contributed by atoms with Crippen LogP contribution in [0, 0.1) is 5.82 Å². The number of hydrogen-bond acceptors (Lipinski definition) is 3. The summed E-state index contributed by atoms with van der Waals surface area (Å²) in [6, 6.07) is 16.0. The molecular weight excluding hydrogens is 363 g/mol. The highest BCUT2D eigenvalue weighted by Crippen LogP contribution is 2.18. The van der Waals surface area contributed by atoms with Crippen molar-refractivity contribution < 1.29 is 14.0 Å². The highest BCUT2D eigenvalue weighted by atomic mass is 32.2. The summed E-state index contributed by atoms with van der Waals surface area (Å²) in [7, 11) is 0. The molecule has 0 aliphatic heterocycles. The average Bonchev–Trinajstić information content (AvgIpc) is 2.69. The third-order valence-corrected chi connectivity index (χ3v) is 5.12. The Labute approximate surface area is 164 Å². The largest absolute Gasteiger partial charge is 0.350 e. The van der Waals surface area contributed by atoms with Gasteiger partial charge in [-0.25, -0.2) is 4.39 Å². The molecule has 0 aromatic heterocycles. The van der Waals surface area contributed by atoms with E-state index in [4.69, 9.17) is 0 Å². The standard InChI is InChI=1S/C21H25FN2O2S/c1-2-24(16-20(25)23-15-17-10-12-18(22)13-11-17)21(26)9-6-14-27-19-7-4-3-5-8-19/h3-5,7-8,10-13H,2,6,9,14-16H2,1H3,(H,23,25). The first kappa shape index (κ1) is 21.0. The van der Waals surface area contributed by atoms with Gasteiger partial charge >= 0.3 is 0 Å². The van der Waals surface area contributed by atoms with Crippen LogP contribution in [0.5, 0.6) is 0 Å². The number of benzene rings is 2. The zero-order chi connectivity index (χ0) is 19.5. The molecule has 2 amide bonds. The van der Waals surface area contributed by atoms with Crippen LogP contribution in [0.25, 0.3) is 0 Å². The quantitative estimate of drug-likeness (QED) is 0.497. The number of amides is 2. The number of nitrogens with one attached hydrogen (secondary N) is 1. The predicted octanol–water partition coefficient (Wildman–Crippen LogP) is 3.86. The topological polar surface area (TPSA) is 49.4 Å². The fourth-order valence-corrected chi connectivity index (χ4v) is 3.37. The van der Waals surface area contributed by atoms with E-state index < -0.39 is 0 Å². The van der Waals surface area contributed by atoms with Crippen LogP contribution in [0.2, 0.25) is 0 Å². The monoisotopic (exact) mass is 388 g/mol. The maximum absolute atomic E-state index is 12.9. The van der Waals surface area contributed by atoms with Crippen molar-refractivity contribution in [3.63, 3.8) is 0 Å². The first-order valence-electron chi connectivity index (χ1n) is 9.05. The van der Waals surface area contributed by atoms with Gasteiger partial charge in [0.15, 0.2) is 0 Å². The minimum Gasteiger partial charge on any atom is -0.350 e. The molecule has 27 heavy (non-hydrogen) atoms. The number of rotatable bonds is 10. The van der Waals surface area contributed by atoms with E-state index >= 15 is 0 Å². The van der Waals surface area contributed by atoms with Crippen molar-refractivity contribution >= 4 is 23.6 Å². The molecule has 6 heteroatoms. The van der Waals surface area contributed by atoms with Gasteiger partial charge in [0.1, 0.15) is 5.82 Å². The Morgan fingerprint density at radius 3 is 2.44 bits per heavy atom. The number of nitrogens with zero attached hydrogens (tertiary/aromatic N) is 1. The van der Waals surface area contributed by atoms with E-state index in [1.807, 2.05) is 25.1 Å². The fourth-order valence-electron chi connectivity index (χ4n) is 2.50. The smallest absolute Gasteiger partial charge is 0.239 e. The van der Waals surface area contributed by atoms with Crippen LogP contribution in [-0.2, 0) is 16.1 Å². The summed E-state index contributed by atoms with van der Waals surface area (Å²) < 4.78 is 12.9. The van der Waals surface area contributed by atoms with E-state index in [-0.39, 0.29) is 24.2 Å². The second-order valence-electron chi connectivity index (χ2n) is 6.08. The van der Waals surface area contributed by atoms with Gasteiger partial charge < -0.3 is 10.2 Å². The van der Waals surface area contributed by atoms with Crippen LogP contribution in [0.4, 0.5) is 4.39 Å². The van der Waals surface area contributed by atoms with E-state index in [0.717, 1.165) is 17.7 Å². The molecule has 2 aromatic carbocycles. The summed E-state index contributed by atoms with van der Waals surface area (Å²) in [4.78, 5) is 27.2. The van der Waals surface area contributed by atoms with Crippen molar-refractivity contribution in [3.05, 3.63) is 66.0 Å². The van der Waals surface area contributed by atoms with Gasteiger partial charge in [-0.2, -0.15) is 0 Å². The fraction of sp³-hybridized carbons (Fsp3) is 0.333. The van der Waals surface area contributed by atoms with Crippen LogP contribution in [0.15, 0.2) is 59.5 Å². The van der Waals surface area contributed by atoms with Gasteiger partial charge in [-0.1, -0.05) is 30.3 Å². The van der Waals surface area contributed by atoms with Crippen molar-refractivity contribution in [1.29, 1.82) is 0 Å². The molecular formula is C21H25FN2O2S. The molecule has 0 aliphatic carbocycles. The van der Waals surface area contributed by atoms with Crippen molar-refractivity contribution in [2.45, 2.75) is 31.2 Å². The van der Waals surface area contributed by atoms with E-state index in [9.17, 15) is 14.0 Å². The summed E-state index contributed by atoms with van der Waals surface area (Å²) in [5.41, 5.74) is 0.817. The first-order valence-corrected chi connectivity index (χ1v) is 10.0. The highest BCUT2D eigenvalue weighted by Gasteiger charge is 2.15. The Morgan fingerprint density at radius 1 is 1.07 bits per heavy atom. The lowest BCUT2D eigenvalue weighted by Crippen LogP contribution is -2.40. The molecule has 0 atom stereocenters. The number of hydrogen-bond donors (Lipinski definition) is 1. The molecule has 1 N–H and O–H groups in total. The Balaban J connectivity index is 1.68. The Hall–Kier alpha value is -2.34. The van der Waals surface area contributed by atoms with Crippen molar-refractivity contribution in [2.75, 3.05) is 18.8 Å². The minimum atomic E-state index is -0.307. The van der Waals surface area contributed by atoms with Gasteiger partial charge in [0.05, 0.1) is 6.54 Å². The minimum absolute atomic E-state index is 0.0110. The highest BCUT2D eigenvalue weighted by molar-refractivity contribution is 7.99. The van der Waals surface area contributed by atoms with Crippen molar-refractivity contribution in [1.82, 2.24) is 10.2 Å². The summed E-state index contributed by atoms with van der Waals surface area (Å²) in [6.45, 7) is 2.72. The molecule has 2 aromatic rings. The molecule has 0 bridgehead atoms. The summed E-state index contributed by atoms with van der Waals surface area (Å²) in [6.07, 6.45) is 1.20. The third-order valence-electron chi connectivity index (χ3n) is 4.02. The zero-order valence-electron chi connectivity index (χ0n) is 15.5. The molecule has 0 fully saturated rings. The number of carbonyl (C=O) groups is 2. The summed E-state index contributed by atoms with van der Waals surface area (Å²) in [5.74, 6) is 0.332. The van der Waals surface area contributed by atoms with Crippen LogP contribution in [0.3, 0.4) is 0 Å². The summed E-state index contributed by atoms with van der Waals surface area (Å²) >= 11 is 1.73. The van der Waals surface area contributed by atoms with Crippen LogP contribution >= 0.6 is 11.8 Å². The SMILES string of the molecule is CCN(CC(=O)NCc1ccc(F)cc1)C(=O)CCCSc1ccccc1. The number of thioether (sulfide) groups is 1.